The summed E-state index contributed by atoms with van der Waals surface area (Å²) in [4.78, 5) is 0. The number of fused-ring (bicyclic) bond motifs is 1. The minimum atomic E-state index is 0.267. The summed E-state index contributed by atoms with van der Waals surface area (Å²) in [5.41, 5.74) is 3.95. The average molecular weight is 263 g/mol. The summed E-state index contributed by atoms with van der Waals surface area (Å²) >= 11 is 0. The fraction of sp³-hybridized carbons (Fsp3) is 0.625. The highest BCUT2D eigenvalue weighted by molar-refractivity contribution is 5.34. The summed E-state index contributed by atoms with van der Waals surface area (Å²) in [6, 6.07) is 6.92. The fourth-order valence-electron chi connectivity index (χ4n) is 2.29. The van der Waals surface area contributed by atoms with Crippen molar-refractivity contribution < 1.29 is 9.47 Å². The van der Waals surface area contributed by atoms with Crippen molar-refractivity contribution in [2.45, 2.75) is 52.6 Å². The maximum atomic E-state index is 5.78. The van der Waals surface area contributed by atoms with E-state index in [-0.39, 0.29) is 12.1 Å². The predicted molar refractivity (Wildman–Crippen MR) is 77.1 cm³/mol. The molecule has 0 bridgehead atoms. The van der Waals surface area contributed by atoms with Crippen LogP contribution in [0.2, 0.25) is 0 Å². The van der Waals surface area contributed by atoms with Gasteiger partial charge in [-0.25, -0.2) is 0 Å². The van der Waals surface area contributed by atoms with Crippen LogP contribution in [0.1, 0.15) is 49.9 Å². The molecule has 0 spiro atoms. The van der Waals surface area contributed by atoms with E-state index in [1.54, 1.807) is 0 Å². The summed E-state index contributed by atoms with van der Waals surface area (Å²) in [5.74, 6) is 0. The Morgan fingerprint density at radius 2 is 2.05 bits per heavy atom. The van der Waals surface area contributed by atoms with Gasteiger partial charge in [0.2, 0.25) is 0 Å². The van der Waals surface area contributed by atoms with Gasteiger partial charge in [0.1, 0.15) is 0 Å². The van der Waals surface area contributed by atoms with Crippen LogP contribution in [0, 0.1) is 0 Å². The first kappa shape index (κ1) is 14.5. The summed E-state index contributed by atoms with van der Waals surface area (Å²) in [5, 5.41) is 3.57. The molecule has 1 N–H and O–H groups in total. The van der Waals surface area contributed by atoms with Gasteiger partial charge in [-0.1, -0.05) is 25.1 Å². The van der Waals surface area contributed by atoms with Gasteiger partial charge in [-0.15, -0.1) is 0 Å². The molecule has 0 fully saturated rings. The lowest BCUT2D eigenvalue weighted by molar-refractivity contribution is 0.0611. The van der Waals surface area contributed by atoms with E-state index in [9.17, 15) is 0 Å². The SMILES string of the molecule is CCCNC(COC(C)C)c1ccc2c(c1)COC2. The van der Waals surface area contributed by atoms with Gasteiger partial charge in [0.05, 0.1) is 32.0 Å². The van der Waals surface area contributed by atoms with Crippen LogP contribution in [-0.4, -0.2) is 19.3 Å². The summed E-state index contributed by atoms with van der Waals surface area (Å²) in [7, 11) is 0. The molecule has 1 aromatic rings. The Morgan fingerprint density at radius 3 is 2.79 bits per heavy atom. The second-order valence-corrected chi connectivity index (χ2v) is 5.41. The van der Waals surface area contributed by atoms with Gasteiger partial charge in [-0.3, -0.25) is 0 Å². The Kier molecular flexibility index (Phi) is 5.37. The van der Waals surface area contributed by atoms with E-state index in [0.29, 0.717) is 0 Å². The molecule has 0 saturated carbocycles. The van der Waals surface area contributed by atoms with Crippen LogP contribution in [0.4, 0.5) is 0 Å². The predicted octanol–water partition coefficient (Wildman–Crippen LogP) is 3.18. The van der Waals surface area contributed by atoms with Gasteiger partial charge < -0.3 is 14.8 Å². The standard InChI is InChI=1S/C16H25NO2/c1-4-7-17-16(11-19-12(2)3)13-5-6-14-9-18-10-15(14)8-13/h5-6,8,12,16-17H,4,7,9-11H2,1-3H3. The first-order valence-electron chi connectivity index (χ1n) is 7.25. The zero-order valence-corrected chi connectivity index (χ0v) is 12.2. The Bertz CT molecular complexity index is 404. The first-order chi connectivity index (χ1) is 9.20. The number of rotatable bonds is 7. The van der Waals surface area contributed by atoms with Crippen molar-refractivity contribution in [2.75, 3.05) is 13.2 Å². The van der Waals surface area contributed by atoms with Crippen molar-refractivity contribution in [1.29, 1.82) is 0 Å². The maximum absolute atomic E-state index is 5.78. The summed E-state index contributed by atoms with van der Waals surface area (Å²) < 4.78 is 11.3. The maximum Gasteiger partial charge on any atom is 0.0725 e. The lowest BCUT2D eigenvalue weighted by atomic mass is 10.0. The molecule has 3 heteroatoms. The Balaban J connectivity index is 2.07. The Hall–Kier alpha value is -0.900. The second kappa shape index (κ2) is 7.04. The number of benzene rings is 1. The van der Waals surface area contributed by atoms with Crippen molar-refractivity contribution >= 4 is 0 Å². The molecule has 1 aliphatic heterocycles. The van der Waals surface area contributed by atoms with Crippen LogP contribution in [0.3, 0.4) is 0 Å². The zero-order chi connectivity index (χ0) is 13.7. The van der Waals surface area contributed by atoms with Crippen LogP contribution in [-0.2, 0) is 22.7 Å². The van der Waals surface area contributed by atoms with Crippen molar-refractivity contribution in [2.24, 2.45) is 0 Å². The number of hydrogen-bond donors (Lipinski definition) is 1. The Morgan fingerprint density at radius 1 is 1.26 bits per heavy atom. The minimum absolute atomic E-state index is 0.267. The third-order valence-electron chi connectivity index (χ3n) is 3.38. The zero-order valence-electron chi connectivity index (χ0n) is 12.2. The van der Waals surface area contributed by atoms with Gasteiger partial charge >= 0.3 is 0 Å². The van der Waals surface area contributed by atoms with Crippen molar-refractivity contribution in [1.82, 2.24) is 5.32 Å². The lowest BCUT2D eigenvalue weighted by Gasteiger charge is -2.21. The number of ether oxygens (including phenoxy) is 2. The fourth-order valence-corrected chi connectivity index (χ4v) is 2.29. The van der Waals surface area contributed by atoms with E-state index < -0.39 is 0 Å². The van der Waals surface area contributed by atoms with Gasteiger partial charge in [0, 0.05) is 0 Å². The van der Waals surface area contributed by atoms with Crippen LogP contribution < -0.4 is 5.32 Å². The highest BCUT2D eigenvalue weighted by Gasteiger charge is 2.16. The molecule has 1 heterocycles. The molecule has 0 saturated heterocycles. The lowest BCUT2D eigenvalue weighted by Crippen LogP contribution is -2.27. The van der Waals surface area contributed by atoms with Crippen LogP contribution >= 0.6 is 0 Å². The van der Waals surface area contributed by atoms with E-state index in [1.807, 2.05) is 0 Å². The van der Waals surface area contributed by atoms with Crippen molar-refractivity contribution in [3.63, 3.8) is 0 Å². The average Bonchev–Trinajstić information content (AvgIpc) is 2.85. The topological polar surface area (TPSA) is 30.5 Å². The molecule has 1 aliphatic rings. The minimum Gasteiger partial charge on any atom is -0.377 e. The van der Waals surface area contributed by atoms with E-state index in [4.69, 9.17) is 9.47 Å². The molecule has 1 aromatic carbocycles. The molecule has 0 aliphatic carbocycles. The van der Waals surface area contributed by atoms with E-state index in [2.05, 4.69) is 44.3 Å². The second-order valence-electron chi connectivity index (χ2n) is 5.41. The molecular formula is C16H25NO2. The summed E-state index contributed by atoms with van der Waals surface area (Å²) in [6.07, 6.45) is 1.40. The van der Waals surface area contributed by atoms with Gasteiger partial charge in [-0.05, 0) is 43.5 Å². The molecule has 1 atom stereocenters. The molecule has 0 aromatic heterocycles. The first-order valence-corrected chi connectivity index (χ1v) is 7.25. The van der Waals surface area contributed by atoms with Gasteiger partial charge in [-0.2, -0.15) is 0 Å². The molecule has 19 heavy (non-hydrogen) atoms. The smallest absolute Gasteiger partial charge is 0.0725 e. The quantitative estimate of drug-likeness (QED) is 0.819. The molecule has 2 rings (SSSR count). The normalized spacial score (nSPS) is 15.8. The molecule has 3 nitrogen and oxygen atoms in total. The van der Waals surface area contributed by atoms with Gasteiger partial charge in [0.15, 0.2) is 0 Å². The van der Waals surface area contributed by atoms with Crippen LogP contribution in [0.25, 0.3) is 0 Å². The third kappa shape index (κ3) is 4.03. The van der Waals surface area contributed by atoms with Crippen molar-refractivity contribution in [3.05, 3.63) is 34.9 Å². The number of hydrogen-bond acceptors (Lipinski definition) is 3. The summed E-state index contributed by atoms with van der Waals surface area (Å²) in [6.45, 7) is 9.57. The van der Waals surface area contributed by atoms with Crippen molar-refractivity contribution in [3.8, 4) is 0 Å². The molecule has 106 valence electrons. The highest BCUT2D eigenvalue weighted by atomic mass is 16.5. The Labute approximate surface area is 116 Å². The molecular weight excluding hydrogens is 238 g/mol. The monoisotopic (exact) mass is 263 g/mol. The molecule has 1 unspecified atom stereocenters. The third-order valence-corrected chi connectivity index (χ3v) is 3.38. The van der Waals surface area contributed by atoms with E-state index >= 15 is 0 Å². The largest absolute Gasteiger partial charge is 0.377 e. The highest BCUT2D eigenvalue weighted by Crippen LogP contribution is 2.24. The molecule has 0 amide bonds. The number of nitrogens with one attached hydrogen (secondary N) is 1. The van der Waals surface area contributed by atoms with Gasteiger partial charge in [0.25, 0.3) is 0 Å². The van der Waals surface area contributed by atoms with E-state index in [1.165, 1.54) is 16.7 Å². The van der Waals surface area contributed by atoms with Crippen LogP contribution in [0.15, 0.2) is 18.2 Å². The van der Waals surface area contributed by atoms with E-state index in [0.717, 1.165) is 32.8 Å². The molecule has 0 radical (unpaired) electrons. The van der Waals surface area contributed by atoms with Crippen LogP contribution in [0.5, 0.6) is 0 Å².